The van der Waals surface area contributed by atoms with E-state index in [0.29, 0.717) is 6.42 Å². The van der Waals surface area contributed by atoms with E-state index < -0.39 is 17.9 Å². The van der Waals surface area contributed by atoms with Gasteiger partial charge >= 0.3 is 0 Å². The van der Waals surface area contributed by atoms with E-state index in [1.54, 1.807) is 0 Å². The Morgan fingerprint density at radius 2 is 1.50 bits per heavy atom. The lowest BCUT2D eigenvalue weighted by molar-refractivity contribution is -0.332. The van der Waals surface area contributed by atoms with Crippen LogP contribution in [0.1, 0.15) is 32.1 Å². The molecule has 0 N–H and O–H groups in total. The Kier molecular flexibility index (Phi) is 7.47. The molecule has 0 fully saturated rings. The molecule has 0 aliphatic carbocycles. The van der Waals surface area contributed by atoms with E-state index in [0.717, 1.165) is 24.6 Å². The lowest BCUT2D eigenvalue weighted by atomic mass is 10.0. The number of carbonyl (C=O) groups excluding carboxylic acids is 2. The third kappa shape index (κ3) is 5.96. The molecule has 0 bridgehead atoms. The van der Waals surface area contributed by atoms with Gasteiger partial charge in [0.15, 0.2) is 0 Å². The molecule has 0 amide bonds. The second-order valence-electron chi connectivity index (χ2n) is 3.08. The molecule has 0 rings (SSSR count). The van der Waals surface area contributed by atoms with E-state index in [9.17, 15) is 19.8 Å². The van der Waals surface area contributed by atoms with Crippen molar-refractivity contribution in [1.82, 2.24) is 0 Å². The van der Waals surface area contributed by atoms with E-state index in [-0.39, 0.29) is 6.42 Å². The lowest BCUT2D eigenvalue weighted by Crippen LogP contribution is -2.43. The largest absolute Gasteiger partial charge is 0.549 e. The third-order valence-electron chi connectivity index (χ3n) is 1.95. The Morgan fingerprint density at radius 3 is 1.93 bits per heavy atom. The summed E-state index contributed by atoms with van der Waals surface area (Å²) in [5, 5.41) is 21.6. The SMILES string of the molecule is O=C([O-])C(CCCCCCBr)C(=O)[O-]. The minimum atomic E-state index is -1.55. The highest BCUT2D eigenvalue weighted by molar-refractivity contribution is 9.09. The maximum atomic E-state index is 10.3. The first-order valence-corrected chi connectivity index (χ1v) is 5.69. The number of rotatable bonds is 8. The first kappa shape index (κ1) is 13.4. The van der Waals surface area contributed by atoms with Gasteiger partial charge in [0.05, 0.1) is 11.9 Å². The summed E-state index contributed by atoms with van der Waals surface area (Å²) in [5.41, 5.74) is 0. The van der Waals surface area contributed by atoms with Gasteiger partial charge < -0.3 is 19.8 Å². The van der Waals surface area contributed by atoms with Gasteiger partial charge in [0.1, 0.15) is 0 Å². The van der Waals surface area contributed by atoms with Gasteiger partial charge in [0.2, 0.25) is 0 Å². The third-order valence-corrected chi connectivity index (χ3v) is 2.51. The molecule has 0 unspecified atom stereocenters. The van der Waals surface area contributed by atoms with Crippen molar-refractivity contribution >= 4 is 27.9 Å². The van der Waals surface area contributed by atoms with Crippen LogP contribution in [-0.4, -0.2) is 17.3 Å². The predicted molar refractivity (Wildman–Crippen MR) is 50.4 cm³/mol. The quantitative estimate of drug-likeness (QED) is 0.335. The average molecular weight is 265 g/mol. The fraction of sp³-hybridized carbons (Fsp3) is 0.778. The van der Waals surface area contributed by atoms with Gasteiger partial charge in [-0.15, -0.1) is 0 Å². The Bertz CT molecular complexity index is 179. The molecule has 0 atom stereocenters. The minimum Gasteiger partial charge on any atom is -0.549 e. The van der Waals surface area contributed by atoms with Gasteiger partial charge in [-0.1, -0.05) is 35.2 Å². The van der Waals surface area contributed by atoms with Gasteiger partial charge in [-0.05, 0) is 12.8 Å². The molecule has 82 valence electrons. The summed E-state index contributed by atoms with van der Waals surface area (Å²) in [4.78, 5) is 20.6. The number of carboxylic acids is 2. The van der Waals surface area contributed by atoms with Gasteiger partial charge in [0.25, 0.3) is 0 Å². The van der Waals surface area contributed by atoms with Crippen molar-refractivity contribution in [2.24, 2.45) is 5.92 Å². The average Bonchev–Trinajstić information content (AvgIpc) is 2.09. The van der Waals surface area contributed by atoms with Gasteiger partial charge in [-0.25, -0.2) is 0 Å². The predicted octanol–water partition coefficient (Wildman–Crippen LogP) is -0.552. The Labute approximate surface area is 91.4 Å². The van der Waals surface area contributed by atoms with Crippen LogP contribution in [0.2, 0.25) is 0 Å². The summed E-state index contributed by atoms with van der Waals surface area (Å²) in [6.07, 6.45) is 3.51. The molecule has 0 aliphatic heterocycles. The van der Waals surface area contributed by atoms with Crippen molar-refractivity contribution in [3.8, 4) is 0 Å². The molecule has 0 heterocycles. The molecule has 0 aromatic rings. The van der Waals surface area contributed by atoms with Gasteiger partial charge in [-0.3, -0.25) is 0 Å². The molecular weight excluding hydrogens is 252 g/mol. The van der Waals surface area contributed by atoms with Gasteiger partial charge in [-0.2, -0.15) is 0 Å². The fourth-order valence-corrected chi connectivity index (χ4v) is 1.52. The number of carbonyl (C=O) groups is 2. The molecule has 0 saturated heterocycles. The van der Waals surface area contributed by atoms with Crippen molar-refractivity contribution in [1.29, 1.82) is 0 Å². The summed E-state index contributed by atoms with van der Waals surface area (Å²) >= 11 is 3.27. The van der Waals surface area contributed by atoms with Crippen molar-refractivity contribution < 1.29 is 19.8 Å². The standard InChI is InChI=1S/C9H15BrO4/c10-6-4-2-1-3-5-7(8(11)12)9(13)14/h7H,1-6H2,(H,11,12)(H,13,14)/p-2. The number of carboxylic acid groups (broad SMARTS) is 2. The highest BCUT2D eigenvalue weighted by Gasteiger charge is 2.10. The van der Waals surface area contributed by atoms with Crippen LogP contribution in [0, 0.1) is 5.92 Å². The minimum absolute atomic E-state index is 0.104. The van der Waals surface area contributed by atoms with Crippen LogP contribution in [0.15, 0.2) is 0 Å². The number of hydrogen-bond acceptors (Lipinski definition) is 4. The van der Waals surface area contributed by atoms with Crippen molar-refractivity contribution in [2.45, 2.75) is 32.1 Å². The van der Waals surface area contributed by atoms with Crippen LogP contribution in [0.4, 0.5) is 0 Å². The molecule has 0 aliphatic rings. The summed E-state index contributed by atoms with van der Waals surface area (Å²) in [6, 6.07) is 0. The summed E-state index contributed by atoms with van der Waals surface area (Å²) in [6.45, 7) is 0. The van der Waals surface area contributed by atoms with Crippen LogP contribution in [0.25, 0.3) is 0 Å². The zero-order chi connectivity index (χ0) is 11.0. The molecule has 5 heteroatoms. The molecule has 0 spiro atoms. The highest BCUT2D eigenvalue weighted by atomic mass is 79.9. The molecule has 14 heavy (non-hydrogen) atoms. The Hall–Kier alpha value is -0.580. The summed E-state index contributed by atoms with van der Waals surface area (Å²) in [5.74, 6) is -4.56. The second kappa shape index (κ2) is 7.79. The number of unbranched alkanes of at least 4 members (excludes halogenated alkanes) is 3. The number of hydrogen-bond donors (Lipinski definition) is 0. The normalized spacial score (nSPS) is 10.4. The van der Waals surface area contributed by atoms with Crippen LogP contribution in [0.5, 0.6) is 0 Å². The highest BCUT2D eigenvalue weighted by Crippen LogP contribution is 2.10. The van der Waals surface area contributed by atoms with Crippen molar-refractivity contribution in [3.05, 3.63) is 0 Å². The van der Waals surface area contributed by atoms with E-state index in [4.69, 9.17) is 0 Å². The van der Waals surface area contributed by atoms with E-state index >= 15 is 0 Å². The molecule has 0 aromatic heterocycles. The van der Waals surface area contributed by atoms with E-state index in [2.05, 4.69) is 15.9 Å². The summed E-state index contributed by atoms with van der Waals surface area (Å²) in [7, 11) is 0. The van der Waals surface area contributed by atoms with E-state index in [1.165, 1.54) is 0 Å². The van der Waals surface area contributed by atoms with Crippen molar-refractivity contribution in [3.63, 3.8) is 0 Å². The maximum Gasteiger partial charge on any atom is 0.0501 e. The Balaban J connectivity index is 3.62. The van der Waals surface area contributed by atoms with Gasteiger partial charge in [0, 0.05) is 11.2 Å². The lowest BCUT2D eigenvalue weighted by Gasteiger charge is -2.18. The second-order valence-corrected chi connectivity index (χ2v) is 3.88. The van der Waals surface area contributed by atoms with Crippen molar-refractivity contribution in [2.75, 3.05) is 5.33 Å². The molecule has 4 nitrogen and oxygen atoms in total. The zero-order valence-electron chi connectivity index (χ0n) is 7.83. The first-order chi connectivity index (χ1) is 6.59. The molecule has 0 radical (unpaired) electrons. The van der Waals surface area contributed by atoms with Crippen LogP contribution in [0.3, 0.4) is 0 Å². The number of halogens is 1. The zero-order valence-corrected chi connectivity index (χ0v) is 9.42. The summed E-state index contributed by atoms with van der Waals surface area (Å²) < 4.78 is 0. The fourth-order valence-electron chi connectivity index (χ4n) is 1.13. The monoisotopic (exact) mass is 264 g/mol. The topological polar surface area (TPSA) is 80.3 Å². The van der Waals surface area contributed by atoms with Crippen LogP contribution in [-0.2, 0) is 9.59 Å². The number of alkyl halides is 1. The Morgan fingerprint density at radius 1 is 1.00 bits per heavy atom. The smallest absolute Gasteiger partial charge is 0.0501 e. The first-order valence-electron chi connectivity index (χ1n) is 4.57. The number of aliphatic carboxylic acids is 2. The molecule has 0 aromatic carbocycles. The molecular formula is C9H13BrO4-2. The van der Waals surface area contributed by atoms with E-state index in [1.807, 2.05) is 0 Å². The van der Waals surface area contributed by atoms with Crippen LogP contribution < -0.4 is 10.2 Å². The van der Waals surface area contributed by atoms with Crippen LogP contribution >= 0.6 is 15.9 Å². The molecule has 0 saturated carbocycles. The maximum absolute atomic E-state index is 10.3.